The summed E-state index contributed by atoms with van der Waals surface area (Å²) in [6.45, 7) is 0.518. The summed E-state index contributed by atoms with van der Waals surface area (Å²) in [6, 6.07) is 5.11. The van der Waals surface area contributed by atoms with Crippen molar-refractivity contribution in [3.05, 3.63) is 66.1 Å². The Kier molecular flexibility index (Phi) is 5.18. The maximum Gasteiger partial charge on any atom is 0.417 e. The highest BCUT2D eigenvalue weighted by molar-refractivity contribution is 5.98. The van der Waals surface area contributed by atoms with Gasteiger partial charge in [-0.05, 0) is 37.0 Å². The average molecular weight is 459 g/mol. The number of fused-ring (bicyclic) bond motifs is 2. The molecule has 11 heteroatoms. The lowest BCUT2D eigenvalue weighted by molar-refractivity contribution is -0.137. The lowest BCUT2D eigenvalue weighted by atomic mass is 10.1. The summed E-state index contributed by atoms with van der Waals surface area (Å²) < 4.78 is 57.4. The number of nitrogens with zero attached hydrogens (tertiary/aromatic N) is 5. The van der Waals surface area contributed by atoms with Gasteiger partial charge in [-0.1, -0.05) is 0 Å². The monoisotopic (exact) mass is 459 g/mol. The molecule has 3 aromatic heterocycles. The molecule has 3 aromatic rings. The minimum atomic E-state index is -4.48. The van der Waals surface area contributed by atoms with Crippen molar-refractivity contribution >= 4 is 5.91 Å². The second-order valence-electron chi connectivity index (χ2n) is 8.03. The van der Waals surface area contributed by atoms with Crippen LogP contribution in [0.3, 0.4) is 0 Å². The molecule has 0 radical (unpaired) electrons. The van der Waals surface area contributed by atoms with Crippen molar-refractivity contribution in [3.63, 3.8) is 0 Å². The zero-order valence-corrected chi connectivity index (χ0v) is 17.0. The van der Waals surface area contributed by atoms with Gasteiger partial charge < -0.3 is 9.64 Å². The molecule has 3 unspecified atom stereocenters. The molecule has 3 atom stereocenters. The van der Waals surface area contributed by atoms with Crippen LogP contribution >= 0.6 is 0 Å². The Hall–Kier alpha value is -3.63. The maximum atomic E-state index is 13.4. The summed E-state index contributed by atoms with van der Waals surface area (Å²) in [5.74, 6) is -0.471. The smallest absolute Gasteiger partial charge is 0.417 e. The Morgan fingerprint density at radius 3 is 2.48 bits per heavy atom. The summed E-state index contributed by atoms with van der Waals surface area (Å²) in [5.41, 5.74) is -0.333. The van der Waals surface area contributed by atoms with E-state index in [4.69, 9.17) is 4.74 Å². The predicted octanol–water partition coefficient (Wildman–Crippen LogP) is 3.77. The molecule has 170 valence electrons. The first-order valence-electron chi connectivity index (χ1n) is 10.2. The van der Waals surface area contributed by atoms with Crippen LogP contribution in [0.1, 0.15) is 28.9 Å². The molecule has 0 aromatic carbocycles. The number of aromatic nitrogens is 4. The summed E-state index contributed by atoms with van der Waals surface area (Å²) in [5, 5.41) is 0. The van der Waals surface area contributed by atoms with Gasteiger partial charge in [-0.3, -0.25) is 9.78 Å². The van der Waals surface area contributed by atoms with Crippen LogP contribution < -0.4 is 4.74 Å². The van der Waals surface area contributed by atoms with Crippen molar-refractivity contribution in [2.24, 2.45) is 5.92 Å². The second kappa shape index (κ2) is 8.05. The standard InChI is InChI=1S/C22H17F4N5O2/c23-14-9-29-20(30-10-14)15-2-1-5-27-19(15)21(32)31-11-12-6-16(31)17(7-12)33-18-4-3-13(8-28-18)22(24,25)26/h1-5,8-10,12,16-17H,6-7,11H2. The molecular formula is C22H17F4N5O2. The summed E-state index contributed by atoms with van der Waals surface area (Å²) in [6.07, 6.45) is 0.759. The van der Waals surface area contributed by atoms with E-state index in [0.717, 1.165) is 24.7 Å². The van der Waals surface area contributed by atoms with Crippen molar-refractivity contribution in [3.8, 4) is 17.3 Å². The van der Waals surface area contributed by atoms with E-state index in [2.05, 4.69) is 19.9 Å². The van der Waals surface area contributed by atoms with E-state index in [1.54, 1.807) is 17.0 Å². The van der Waals surface area contributed by atoms with Crippen LogP contribution in [-0.2, 0) is 6.18 Å². The Morgan fingerprint density at radius 2 is 1.82 bits per heavy atom. The van der Waals surface area contributed by atoms with E-state index in [0.29, 0.717) is 24.9 Å². The van der Waals surface area contributed by atoms with Gasteiger partial charge in [0.15, 0.2) is 11.6 Å². The summed E-state index contributed by atoms with van der Waals surface area (Å²) >= 11 is 0. The minimum absolute atomic E-state index is 0.0752. The van der Waals surface area contributed by atoms with Gasteiger partial charge in [-0.15, -0.1) is 0 Å². The Bertz CT molecular complexity index is 1170. The number of pyridine rings is 2. The van der Waals surface area contributed by atoms with Gasteiger partial charge in [0.2, 0.25) is 5.88 Å². The van der Waals surface area contributed by atoms with E-state index >= 15 is 0 Å². The topological polar surface area (TPSA) is 81.1 Å². The van der Waals surface area contributed by atoms with Gasteiger partial charge >= 0.3 is 6.18 Å². The molecule has 4 heterocycles. The van der Waals surface area contributed by atoms with E-state index in [1.807, 2.05) is 0 Å². The zero-order valence-electron chi connectivity index (χ0n) is 17.0. The molecule has 1 aliphatic carbocycles. The van der Waals surface area contributed by atoms with E-state index in [9.17, 15) is 22.4 Å². The fraction of sp³-hybridized carbons (Fsp3) is 0.318. The van der Waals surface area contributed by atoms with Gasteiger partial charge in [0.05, 0.1) is 29.6 Å². The molecule has 0 spiro atoms. The molecule has 1 saturated carbocycles. The van der Waals surface area contributed by atoms with Gasteiger partial charge in [0, 0.05) is 25.0 Å². The SMILES string of the molecule is O=C(c1ncccc1-c1ncc(F)cn1)N1CC2CC(Oc3ccc(C(F)(F)F)cn3)C1C2. The number of carbonyl (C=O) groups excluding carboxylic acids is 1. The van der Waals surface area contributed by atoms with E-state index in [1.165, 1.54) is 12.3 Å². The zero-order chi connectivity index (χ0) is 23.2. The highest BCUT2D eigenvalue weighted by Crippen LogP contribution is 2.41. The van der Waals surface area contributed by atoms with Crippen molar-refractivity contribution in [1.82, 2.24) is 24.8 Å². The normalized spacial score (nSPS) is 21.9. The third kappa shape index (κ3) is 4.10. The third-order valence-corrected chi connectivity index (χ3v) is 5.89. The fourth-order valence-corrected chi connectivity index (χ4v) is 4.44. The fourth-order valence-electron chi connectivity index (χ4n) is 4.44. The molecule has 33 heavy (non-hydrogen) atoms. The molecule has 2 aliphatic rings. The number of rotatable bonds is 4. The van der Waals surface area contributed by atoms with Gasteiger partial charge in [-0.25, -0.2) is 19.3 Å². The number of halogens is 4. The summed E-state index contributed by atoms with van der Waals surface area (Å²) in [7, 11) is 0. The van der Waals surface area contributed by atoms with Crippen molar-refractivity contribution in [2.75, 3.05) is 6.54 Å². The predicted molar refractivity (Wildman–Crippen MR) is 106 cm³/mol. The van der Waals surface area contributed by atoms with Crippen LogP contribution in [-0.4, -0.2) is 49.4 Å². The van der Waals surface area contributed by atoms with Crippen LogP contribution in [0.25, 0.3) is 11.4 Å². The number of amides is 1. The number of hydrogen-bond donors (Lipinski definition) is 0. The molecule has 0 N–H and O–H groups in total. The first-order valence-corrected chi connectivity index (χ1v) is 10.2. The molecule has 5 rings (SSSR count). The highest BCUT2D eigenvalue weighted by Gasteiger charge is 2.49. The minimum Gasteiger partial charge on any atom is -0.472 e. The largest absolute Gasteiger partial charge is 0.472 e. The Labute approximate surface area is 185 Å². The number of ether oxygens (including phenoxy) is 1. The number of piperidine rings is 1. The summed E-state index contributed by atoms with van der Waals surface area (Å²) in [4.78, 5) is 31.0. The quantitative estimate of drug-likeness (QED) is 0.553. The highest BCUT2D eigenvalue weighted by atomic mass is 19.4. The number of alkyl halides is 3. The Morgan fingerprint density at radius 1 is 1.03 bits per heavy atom. The molecular weight excluding hydrogens is 442 g/mol. The second-order valence-corrected chi connectivity index (χ2v) is 8.03. The van der Waals surface area contributed by atoms with E-state index < -0.39 is 23.7 Å². The van der Waals surface area contributed by atoms with E-state index in [-0.39, 0.29) is 35.3 Å². The first-order chi connectivity index (χ1) is 15.8. The van der Waals surface area contributed by atoms with Crippen LogP contribution in [0.15, 0.2) is 49.1 Å². The lowest BCUT2D eigenvalue weighted by Crippen LogP contribution is -2.47. The number of likely N-dealkylation sites (tertiary alicyclic amines) is 1. The lowest BCUT2D eigenvalue weighted by Gasteiger charge is -2.33. The van der Waals surface area contributed by atoms with Gasteiger partial charge in [-0.2, -0.15) is 13.2 Å². The molecule has 2 bridgehead atoms. The molecule has 1 aliphatic heterocycles. The maximum absolute atomic E-state index is 13.4. The average Bonchev–Trinajstić information content (AvgIpc) is 3.40. The Balaban J connectivity index is 1.35. The molecule has 1 saturated heterocycles. The number of carbonyl (C=O) groups is 1. The van der Waals surface area contributed by atoms with Crippen LogP contribution in [0, 0.1) is 11.7 Å². The van der Waals surface area contributed by atoms with Crippen LogP contribution in [0.4, 0.5) is 17.6 Å². The molecule has 2 fully saturated rings. The van der Waals surface area contributed by atoms with Crippen LogP contribution in [0.5, 0.6) is 5.88 Å². The first kappa shape index (κ1) is 21.2. The third-order valence-electron chi connectivity index (χ3n) is 5.89. The van der Waals surface area contributed by atoms with Crippen molar-refractivity contribution in [2.45, 2.75) is 31.2 Å². The van der Waals surface area contributed by atoms with Crippen molar-refractivity contribution in [1.29, 1.82) is 0 Å². The van der Waals surface area contributed by atoms with Crippen molar-refractivity contribution < 1.29 is 27.1 Å². The molecule has 7 nitrogen and oxygen atoms in total. The van der Waals surface area contributed by atoms with Crippen LogP contribution in [0.2, 0.25) is 0 Å². The number of hydrogen-bond acceptors (Lipinski definition) is 6. The van der Waals surface area contributed by atoms with Gasteiger partial charge in [0.1, 0.15) is 11.8 Å². The molecule has 1 amide bonds. The van der Waals surface area contributed by atoms with Gasteiger partial charge in [0.25, 0.3) is 5.91 Å².